The lowest BCUT2D eigenvalue weighted by Crippen LogP contribution is -2.51. The minimum absolute atomic E-state index is 0.0341. The number of anilines is 1. The summed E-state index contributed by atoms with van der Waals surface area (Å²) in [6.07, 6.45) is -3.74. The predicted octanol–water partition coefficient (Wildman–Crippen LogP) is 4.51. The maximum atomic E-state index is 15.0. The molecule has 1 aliphatic rings. The Kier molecular flexibility index (Phi) is 11.4. The molecule has 2 heterocycles. The second-order valence-electron chi connectivity index (χ2n) is 10.4. The number of aromatic nitrogens is 1. The summed E-state index contributed by atoms with van der Waals surface area (Å²) >= 11 is 0. The molecule has 4 rings (SSSR count). The average Bonchev–Trinajstić information content (AvgIpc) is 3.01. The molecule has 2 amide bonds. The minimum Gasteiger partial charge on any atom is -0.440 e. The fourth-order valence-corrected chi connectivity index (χ4v) is 4.83. The predicted molar refractivity (Wildman–Crippen MR) is 150 cm³/mol. The Bertz CT molecular complexity index is 1390. The lowest BCUT2D eigenvalue weighted by molar-refractivity contribution is -0.160. The van der Waals surface area contributed by atoms with Crippen LogP contribution in [0.4, 0.5) is 36.8 Å². The molecule has 1 aliphatic heterocycles. The summed E-state index contributed by atoms with van der Waals surface area (Å²) in [5.41, 5.74) is 1.35. The molecule has 0 bridgehead atoms. The van der Waals surface area contributed by atoms with E-state index in [0.29, 0.717) is 24.1 Å². The molecule has 0 spiro atoms. The van der Waals surface area contributed by atoms with Crippen LogP contribution in [0.2, 0.25) is 0 Å². The SMILES string of the molecule is NN(C(=O)CC(c1ccc(F)cc1)c1ccc(F)cc1)c1cncc(F)c1CC[C@@H]1CN[C@H](CNC(=O)OCC(F)(F)F)CO1. The highest BCUT2D eigenvalue weighted by Gasteiger charge is 2.30. The van der Waals surface area contributed by atoms with Crippen molar-refractivity contribution in [1.29, 1.82) is 0 Å². The Balaban J connectivity index is 1.36. The van der Waals surface area contributed by atoms with Gasteiger partial charge in [-0.25, -0.2) is 28.8 Å². The van der Waals surface area contributed by atoms with E-state index in [4.69, 9.17) is 10.6 Å². The van der Waals surface area contributed by atoms with Crippen molar-refractivity contribution in [2.24, 2.45) is 5.84 Å². The molecule has 15 heteroatoms. The third-order valence-electron chi connectivity index (χ3n) is 7.18. The maximum absolute atomic E-state index is 15.0. The fourth-order valence-electron chi connectivity index (χ4n) is 4.83. The zero-order chi connectivity index (χ0) is 32.6. The van der Waals surface area contributed by atoms with Crippen molar-refractivity contribution in [2.75, 3.05) is 31.3 Å². The van der Waals surface area contributed by atoms with E-state index < -0.39 is 48.2 Å². The van der Waals surface area contributed by atoms with Gasteiger partial charge in [-0.1, -0.05) is 24.3 Å². The van der Waals surface area contributed by atoms with Gasteiger partial charge in [0, 0.05) is 37.0 Å². The number of carbonyl (C=O) groups is 2. The minimum atomic E-state index is -4.63. The van der Waals surface area contributed by atoms with Crippen molar-refractivity contribution in [3.05, 3.63) is 95.1 Å². The van der Waals surface area contributed by atoms with Gasteiger partial charge in [-0.3, -0.25) is 9.78 Å². The molecule has 0 saturated carbocycles. The van der Waals surface area contributed by atoms with Crippen LogP contribution in [0.5, 0.6) is 0 Å². The van der Waals surface area contributed by atoms with Gasteiger partial charge >= 0.3 is 12.3 Å². The molecule has 1 aromatic heterocycles. The summed E-state index contributed by atoms with van der Waals surface area (Å²) in [4.78, 5) is 28.7. The van der Waals surface area contributed by atoms with Gasteiger partial charge in [-0.05, 0) is 48.2 Å². The van der Waals surface area contributed by atoms with E-state index in [2.05, 4.69) is 20.4 Å². The van der Waals surface area contributed by atoms with Gasteiger partial charge in [-0.2, -0.15) is 13.2 Å². The molecule has 1 fully saturated rings. The van der Waals surface area contributed by atoms with Crippen LogP contribution in [0.25, 0.3) is 0 Å². The number of alkyl halides is 3. The highest BCUT2D eigenvalue weighted by Crippen LogP contribution is 2.31. The lowest BCUT2D eigenvalue weighted by atomic mass is 9.88. The monoisotopic (exact) mass is 639 g/mol. The van der Waals surface area contributed by atoms with Crippen molar-refractivity contribution in [1.82, 2.24) is 15.6 Å². The van der Waals surface area contributed by atoms with Gasteiger partial charge < -0.3 is 20.1 Å². The number of benzene rings is 2. The molecular weight excluding hydrogens is 608 g/mol. The Hall–Kier alpha value is -4.21. The van der Waals surface area contributed by atoms with Gasteiger partial charge in [0.15, 0.2) is 6.61 Å². The third kappa shape index (κ3) is 9.89. The molecule has 0 aliphatic carbocycles. The van der Waals surface area contributed by atoms with Gasteiger partial charge in [-0.15, -0.1) is 0 Å². The first kappa shape index (κ1) is 33.7. The second kappa shape index (κ2) is 15.2. The Morgan fingerprint density at radius 3 is 2.22 bits per heavy atom. The molecule has 3 aromatic rings. The maximum Gasteiger partial charge on any atom is 0.422 e. The normalized spacial score (nSPS) is 16.8. The van der Waals surface area contributed by atoms with E-state index >= 15 is 0 Å². The summed E-state index contributed by atoms with van der Waals surface area (Å²) in [7, 11) is 0. The summed E-state index contributed by atoms with van der Waals surface area (Å²) in [6.45, 7) is -1.31. The molecule has 0 unspecified atom stereocenters. The average molecular weight is 640 g/mol. The van der Waals surface area contributed by atoms with Crippen molar-refractivity contribution < 1.29 is 45.4 Å². The summed E-state index contributed by atoms with van der Waals surface area (Å²) in [6, 6.07) is 10.7. The number of amides is 2. The van der Waals surface area contributed by atoms with Crippen LogP contribution in [0.15, 0.2) is 60.9 Å². The highest BCUT2D eigenvalue weighted by atomic mass is 19.4. The molecule has 1 saturated heterocycles. The Morgan fingerprint density at radius 1 is 1.04 bits per heavy atom. The molecule has 45 heavy (non-hydrogen) atoms. The molecule has 9 nitrogen and oxygen atoms in total. The molecule has 2 aromatic carbocycles. The van der Waals surface area contributed by atoms with E-state index in [1.54, 1.807) is 0 Å². The number of hydrazine groups is 1. The van der Waals surface area contributed by atoms with E-state index in [1.807, 2.05) is 0 Å². The van der Waals surface area contributed by atoms with Crippen LogP contribution >= 0.6 is 0 Å². The number of rotatable bonds is 11. The summed E-state index contributed by atoms with van der Waals surface area (Å²) in [5.74, 6) is 3.38. The van der Waals surface area contributed by atoms with Crippen LogP contribution in [0.3, 0.4) is 0 Å². The first-order valence-corrected chi connectivity index (χ1v) is 13.9. The van der Waals surface area contributed by atoms with Gasteiger partial charge in [0.05, 0.1) is 30.8 Å². The first-order valence-electron chi connectivity index (χ1n) is 13.9. The number of hydrogen-bond donors (Lipinski definition) is 3. The number of alkyl carbamates (subject to hydrolysis) is 1. The van der Waals surface area contributed by atoms with Crippen molar-refractivity contribution in [3.8, 4) is 0 Å². The zero-order valence-corrected chi connectivity index (χ0v) is 23.8. The molecule has 2 atom stereocenters. The molecule has 4 N–H and O–H groups in total. The standard InChI is InChI=1S/C30H31F6N5O4/c31-20-5-1-18(2-6-20)25(19-3-7-21(32)8-4-19)11-28(42)41(37)27-15-38-14-26(33)24(27)10-9-23-13-39-22(16-44-23)12-40-29(43)45-17-30(34,35)36/h1-8,14-15,22-23,25,39H,9-13,16-17,37H2,(H,40,43)/t22-,23-/m1/s1. The van der Waals surface area contributed by atoms with E-state index in [0.717, 1.165) is 11.2 Å². The van der Waals surface area contributed by atoms with Crippen LogP contribution < -0.4 is 21.5 Å². The smallest absolute Gasteiger partial charge is 0.422 e. The first-order chi connectivity index (χ1) is 21.4. The molecule has 0 radical (unpaired) electrons. The number of nitrogens with zero attached hydrogens (tertiary/aromatic N) is 2. The van der Waals surface area contributed by atoms with Crippen LogP contribution in [-0.4, -0.2) is 61.6 Å². The number of hydrogen-bond acceptors (Lipinski definition) is 7. The van der Waals surface area contributed by atoms with Crippen molar-refractivity contribution in [2.45, 2.75) is 43.5 Å². The molecule has 242 valence electrons. The largest absolute Gasteiger partial charge is 0.440 e. The van der Waals surface area contributed by atoms with Gasteiger partial charge in [0.1, 0.15) is 17.5 Å². The van der Waals surface area contributed by atoms with Crippen molar-refractivity contribution >= 4 is 17.7 Å². The highest BCUT2D eigenvalue weighted by molar-refractivity contribution is 5.93. The molecular formula is C30H31F6N5O4. The number of morpholine rings is 1. The topological polar surface area (TPSA) is 119 Å². The van der Waals surface area contributed by atoms with E-state index in [1.165, 1.54) is 54.7 Å². The van der Waals surface area contributed by atoms with Gasteiger partial charge in [0.25, 0.3) is 0 Å². The van der Waals surface area contributed by atoms with Crippen molar-refractivity contribution in [3.63, 3.8) is 0 Å². The fraction of sp³-hybridized carbons (Fsp3) is 0.367. The quantitative estimate of drug-likeness (QED) is 0.122. The second-order valence-corrected chi connectivity index (χ2v) is 10.4. The van der Waals surface area contributed by atoms with E-state index in [-0.39, 0.29) is 49.4 Å². The number of ether oxygens (including phenoxy) is 2. The third-order valence-corrected chi connectivity index (χ3v) is 7.18. The zero-order valence-electron chi connectivity index (χ0n) is 23.8. The van der Waals surface area contributed by atoms with Crippen LogP contribution in [0.1, 0.15) is 35.4 Å². The summed E-state index contributed by atoms with van der Waals surface area (Å²) in [5, 5.41) is 6.14. The van der Waals surface area contributed by atoms with Crippen LogP contribution in [-0.2, 0) is 20.7 Å². The van der Waals surface area contributed by atoms with E-state index in [9.17, 15) is 35.9 Å². The Labute approximate surface area is 254 Å². The van der Waals surface area contributed by atoms with Gasteiger partial charge in [0.2, 0.25) is 5.91 Å². The van der Waals surface area contributed by atoms with Crippen LogP contribution in [0, 0.1) is 17.5 Å². The Morgan fingerprint density at radius 2 is 1.67 bits per heavy atom. The lowest BCUT2D eigenvalue weighted by Gasteiger charge is -2.31. The number of halogens is 6. The number of nitrogens with one attached hydrogen (secondary N) is 2. The number of nitrogens with two attached hydrogens (primary N) is 1. The number of pyridine rings is 1. The number of carbonyl (C=O) groups excluding carboxylic acids is 2. The summed E-state index contributed by atoms with van der Waals surface area (Å²) < 4.78 is 88.5.